The van der Waals surface area contributed by atoms with Crippen LogP contribution in [0.25, 0.3) is 0 Å². The Kier molecular flexibility index (Phi) is 8.42. The molecular weight excluding hydrogens is 255 g/mol. The van der Waals surface area contributed by atoms with Crippen molar-refractivity contribution in [1.82, 2.24) is 10.2 Å². The van der Waals surface area contributed by atoms with Crippen LogP contribution in [0.4, 0.5) is 4.39 Å². The molecule has 0 aliphatic carbocycles. The van der Waals surface area contributed by atoms with Gasteiger partial charge in [0.05, 0.1) is 6.61 Å². The Labute approximate surface area is 122 Å². The molecule has 4 heteroatoms. The Morgan fingerprint density at radius 1 is 1.25 bits per heavy atom. The summed E-state index contributed by atoms with van der Waals surface area (Å²) in [5, 5.41) is 3.26. The minimum atomic E-state index is -0.125. The number of rotatable bonds is 10. The molecule has 1 rings (SSSR count). The van der Waals surface area contributed by atoms with Crippen molar-refractivity contribution in [2.45, 2.75) is 33.9 Å². The lowest BCUT2D eigenvalue weighted by Gasteiger charge is -2.21. The maximum absolute atomic E-state index is 13.9. The van der Waals surface area contributed by atoms with Gasteiger partial charge in [-0.2, -0.15) is 0 Å². The van der Waals surface area contributed by atoms with Crippen molar-refractivity contribution in [2.24, 2.45) is 0 Å². The first-order chi connectivity index (χ1) is 9.71. The van der Waals surface area contributed by atoms with E-state index >= 15 is 0 Å². The predicted molar refractivity (Wildman–Crippen MR) is 81.2 cm³/mol. The topological polar surface area (TPSA) is 24.5 Å². The van der Waals surface area contributed by atoms with Crippen molar-refractivity contribution < 1.29 is 9.13 Å². The van der Waals surface area contributed by atoms with Gasteiger partial charge in [-0.05, 0) is 31.6 Å². The summed E-state index contributed by atoms with van der Waals surface area (Å²) in [4.78, 5) is 2.20. The van der Waals surface area contributed by atoms with Crippen LogP contribution in [0.1, 0.15) is 31.9 Å². The van der Waals surface area contributed by atoms with Crippen LogP contribution >= 0.6 is 0 Å². The van der Waals surface area contributed by atoms with Gasteiger partial charge in [0.2, 0.25) is 0 Å². The second kappa shape index (κ2) is 9.86. The second-order valence-corrected chi connectivity index (χ2v) is 4.77. The van der Waals surface area contributed by atoms with Gasteiger partial charge in [0.15, 0.2) is 0 Å². The van der Waals surface area contributed by atoms with Crippen LogP contribution in [0.3, 0.4) is 0 Å². The summed E-state index contributed by atoms with van der Waals surface area (Å²) in [6.45, 7) is 11.6. The molecule has 1 aromatic rings. The summed E-state index contributed by atoms with van der Waals surface area (Å²) in [7, 11) is 0. The summed E-state index contributed by atoms with van der Waals surface area (Å²) in [5.74, 6) is -0.125. The number of halogens is 1. The first-order valence-electron chi connectivity index (χ1n) is 7.49. The zero-order chi connectivity index (χ0) is 14.8. The first-order valence-corrected chi connectivity index (χ1v) is 7.49. The molecule has 1 N–H and O–H groups in total. The van der Waals surface area contributed by atoms with Crippen LogP contribution in [0.5, 0.6) is 0 Å². The average Bonchev–Trinajstić information content (AvgIpc) is 2.46. The van der Waals surface area contributed by atoms with Crippen molar-refractivity contribution in [3.05, 3.63) is 35.1 Å². The molecule has 0 saturated heterocycles. The second-order valence-electron chi connectivity index (χ2n) is 4.77. The zero-order valence-electron chi connectivity index (χ0n) is 12.9. The van der Waals surface area contributed by atoms with E-state index in [1.165, 1.54) is 0 Å². The van der Waals surface area contributed by atoms with Gasteiger partial charge in [-0.25, -0.2) is 4.39 Å². The van der Waals surface area contributed by atoms with Gasteiger partial charge in [-0.15, -0.1) is 0 Å². The number of benzene rings is 1. The predicted octanol–water partition coefficient (Wildman–Crippen LogP) is 2.79. The molecule has 0 amide bonds. The standard InChI is InChI=1S/C16H27FN2O/c1-4-18-12-14-7-8-16(17)15(11-14)13-19(5-2)9-10-20-6-3/h7-8,11,18H,4-6,9-10,12-13H2,1-3H3. The van der Waals surface area contributed by atoms with Crippen molar-refractivity contribution in [3.8, 4) is 0 Å². The fourth-order valence-electron chi connectivity index (χ4n) is 2.06. The Morgan fingerprint density at radius 3 is 2.70 bits per heavy atom. The molecule has 1 aromatic carbocycles. The number of ether oxygens (including phenoxy) is 1. The minimum absolute atomic E-state index is 0.125. The van der Waals surface area contributed by atoms with Gasteiger partial charge in [0.25, 0.3) is 0 Å². The van der Waals surface area contributed by atoms with Gasteiger partial charge < -0.3 is 10.1 Å². The highest BCUT2D eigenvalue weighted by molar-refractivity contribution is 5.25. The Morgan fingerprint density at radius 2 is 2.05 bits per heavy atom. The van der Waals surface area contributed by atoms with E-state index in [9.17, 15) is 4.39 Å². The molecular formula is C16H27FN2O. The van der Waals surface area contributed by atoms with Gasteiger partial charge in [-0.3, -0.25) is 4.90 Å². The normalized spacial score (nSPS) is 11.2. The van der Waals surface area contributed by atoms with E-state index < -0.39 is 0 Å². The van der Waals surface area contributed by atoms with Crippen LogP contribution in [0, 0.1) is 5.82 Å². The van der Waals surface area contributed by atoms with E-state index in [2.05, 4.69) is 24.1 Å². The molecule has 0 atom stereocenters. The highest BCUT2D eigenvalue weighted by atomic mass is 19.1. The van der Waals surface area contributed by atoms with E-state index in [-0.39, 0.29) is 5.82 Å². The Balaban J connectivity index is 2.63. The highest BCUT2D eigenvalue weighted by Crippen LogP contribution is 2.13. The molecule has 0 fully saturated rings. The molecule has 0 unspecified atom stereocenters. The third-order valence-corrected chi connectivity index (χ3v) is 3.29. The average molecular weight is 282 g/mol. The fraction of sp³-hybridized carbons (Fsp3) is 0.625. The lowest BCUT2D eigenvalue weighted by atomic mass is 10.1. The van der Waals surface area contributed by atoms with Crippen LogP contribution in [0.15, 0.2) is 18.2 Å². The first kappa shape index (κ1) is 17.1. The summed E-state index contributed by atoms with van der Waals surface area (Å²) >= 11 is 0. The zero-order valence-corrected chi connectivity index (χ0v) is 12.9. The molecule has 0 spiro atoms. The largest absolute Gasteiger partial charge is 0.380 e. The molecule has 0 aromatic heterocycles. The van der Waals surface area contributed by atoms with Gasteiger partial charge >= 0.3 is 0 Å². The van der Waals surface area contributed by atoms with E-state index in [0.717, 1.165) is 43.9 Å². The van der Waals surface area contributed by atoms with Gasteiger partial charge in [-0.1, -0.05) is 26.0 Å². The summed E-state index contributed by atoms with van der Waals surface area (Å²) < 4.78 is 19.3. The monoisotopic (exact) mass is 282 g/mol. The molecule has 0 radical (unpaired) electrons. The third-order valence-electron chi connectivity index (χ3n) is 3.29. The molecule has 0 saturated carbocycles. The Hall–Kier alpha value is -0.970. The van der Waals surface area contributed by atoms with Crippen LogP contribution in [-0.2, 0) is 17.8 Å². The molecule has 0 aliphatic heterocycles. The van der Waals surface area contributed by atoms with Crippen LogP contribution in [0.2, 0.25) is 0 Å². The Bertz CT molecular complexity index is 385. The molecule has 0 bridgehead atoms. The van der Waals surface area contributed by atoms with Crippen molar-refractivity contribution in [2.75, 3.05) is 32.8 Å². The van der Waals surface area contributed by atoms with Crippen molar-refractivity contribution >= 4 is 0 Å². The number of hydrogen-bond donors (Lipinski definition) is 1. The van der Waals surface area contributed by atoms with Gasteiger partial charge in [0.1, 0.15) is 5.82 Å². The quantitative estimate of drug-likeness (QED) is 0.668. The van der Waals surface area contributed by atoms with Crippen molar-refractivity contribution in [1.29, 1.82) is 0 Å². The third kappa shape index (κ3) is 5.99. The van der Waals surface area contributed by atoms with E-state index in [1.807, 2.05) is 19.1 Å². The van der Waals surface area contributed by atoms with E-state index in [0.29, 0.717) is 13.2 Å². The maximum Gasteiger partial charge on any atom is 0.127 e. The SMILES string of the molecule is CCNCc1ccc(F)c(CN(CC)CCOCC)c1. The van der Waals surface area contributed by atoms with Crippen molar-refractivity contribution in [3.63, 3.8) is 0 Å². The van der Waals surface area contributed by atoms with E-state index in [1.54, 1.807) is 6.07 Å². The van der Waals surface area contributed by atoms with Crippen LogP contribution < -0.4 is 5.32 Å². The number of hydrogen-bond acceptors (Lipinski definition) is 3. The summed E-state index contributed by atoms with van der Waals surface area (Å²) in [5.41, 5.74) is 1.89. The maximum atomic E-state index is 13.9. The number of likely N-dealkylation sites (N-methyl/N-ethyl adjacent to an activating group) is 1. The smallest absolute Gasteiger partial charge is 0.127 e. The minimum Gasteiger partial charge on any atom is -0.380 e. The highest BCUT2D eigenvalue weighted by Gasteiger charge is 2.09. The van der Waals surface area contributed by atoms with E-state index in [4.69, 9.17) is 4.74 Å². The van der Waals surface area contributed by atoms with Gasteiger partial charge in [0, 0.05) is 31.8 Å². The lowest BCUT2D eigenvalue weighted by molar-refractivity contribution is 0.112. The summed E-state index contributed by atoms with van der Waals surface area (Å²) in [6.07, 6.45) is 0. The summed E-state index contributed by atoms with van der Waals surface area (Å²) in [6, 6.07) is 5.37. The lowest BCUT2D eigenvalue weighted by Crippen LogP contribution is -2.27. The molecule has 20 heavy (non-hydrogen) atoms. The molecule has 0 heterocycles. The number of nitrogens with zero attached hydrogens (tertiary/aromatic N) is 1. The molecule has 0 aliphatic rings. The molecule has 114 valence electrons. The van der Waals surface area contributed by atoms with Crippen LogP contribution in [-0.4, -0.2) is 37.7 Å². The molecule has 3 nitrogen and oxygen atoms in total. The fourth-order valence-corrected chi connectivity index (χ4v) is 2.06. The number of nitrogens with one attached hydrogen (secondary N) is 1.